The van der Waals surface area contributed by atoms with Crippen molar-refractivity contribution in [2.45, 2.75) is 18.2 Å². The highest BCUT2D eigenvalue weighted by atomic mass is 32.2. The van der Waals surface area contributed by atoms with Gasteiger partial charge in [0.25, 0.3) is 0 Å². The van der Waals surface area contributed by atoms with Crippen molar-refractivity contribution in [2.24, 2.45) is 0 Å². The fraction of sp³-hybridized carbons (Fsp3) is 0.300. The van der Waals surface area contributed by atoms with E-state index in [4.69, 9.17) is 0 Å². The maximum Gasteiger partial charge on any atom is 0.239 e. The standard InChI is InChI=1S/C10H11NO3S/c1-2-7-3-4-8-9(5-7)15(13,14)6-10(12)11-8/h3-5H,2,6H2,1H3,(H,11,12). The Labute approximate surface area is 88.2 Å². The molecule has 0 radical (unpaired) electrons. The molecule has 0 saturated heterocycles. The molecule has 1 N–H and O–H groups in total. The van der Waals surface area contributed by atoms with Gasteiger partial charge < -0.3 is 5.32 Å². The van der Waals surface area contributed by atoms with Crippen LogP contribution < -0.4 is 5.32 Å². The fourth-order valence-electron chi connectivity index (χ4n) is 1.58. The molecule has 1 amide bonds. The van der Waals surface area contributed by atoms with Crippen molar-refractivity contribution in [1.29, 1.82) is 0 Å². The van der Waals surface area contributed by atoms with Crippen LogP contribution in [0.3, 0.4) is 0 Å². The monoisotopic (exact) mass is 225 g/mol. The van der Waals surface area contributed by atoms with Crippen molar-refractivity contribution in [3.05, 3.63) is 23.8 Å². The molecule has 5 heteroatoms. The van der Waals surface area contributed by atoms with Gasteiger partial charge in [0.1, 0.15) is 5.75 Å². The summed E-state index contributed by atoms with van der Waals surface area (Å²) >= 11 is 0. The lowest BCUT2D eigenvalue weighted by Crippen LogP contribution is -2.29. The molecule has 0 saturated carbocycles. The lowest BCUT2D eigenvalue weighted by atomic mass is 10.1. The molecule has 0 unspecified atom stereocenters. The first-order valence-electron chi connectivity index (χ1n) is 4.68. The summed E-state index contributed by atoms with van der Waals surface area (Å²) in [4.78, 5) is 11.3. The zero-order valence-corrected chi connectivity index (χ0v) is 9.10. The highest BCUT2D eigenvalue weighted by Gasteiger charge is 2.28. The minimum Gasteiger partial charge on any atom is -0.324 e. The Hall–Kier alpha value is -1.36. The van der Waals surface area contributed by atoms with Gasteiger partial charge in [-0.25, -0.2) is 8.42 Å². The molecule has 15 heavy (non-hydrogen) atoms. The van der Waals surface area contributed by atoms with Crippen molar-refractivity contribution < 1.29 is 13.2 Å². The van der Waals surface area contributed by atoms with Gasteiger partial charge in [-0.2, -0.15) is 0 Å². The first kappa shape index (κ1) is 10.2. The molecule has 0 bridgehead atoms. The van der Waals surface area contributed by atoms with Crippen LogP contribution in [0.4, 0.5) is 5.69 Å². The lowest BCUT2D eigenvalue weighted by Gasteiger charge is -2.17. The van der Waals surface area contributed by atoms with Crippen LogP contribution in [0.2, 0.25) is 0 Å². The number of anilines is 1. The van der Waals surface area contributed by atoms with Crippen molar-refractivity contribution in [3.63, 3.8) is 0 Å². The Morgan fingerprint density at radius 3 is 2.80 bits per heavy atom. The zero-order valence-electron chi connectivity index (χ0n) is 8.28. The summed E-state index contributed by atoms with van der Waals surface area (Å²) in [6.07, 6.45) is 0.775. The molecule has 1 aromatic carbocycles. The molecule has 1 heterocycles. The summed E-state index contributed by atoms with van der Waals surface area (Å²) in [5, 5.41) is 2.55. The average molecular weight is 225 g/mol. The highest BCUT2D eigenvalue weighted by Crippen LogP contribution is 2.27. The Morgan fingerprint density at radius 2 is 2.13 bits per heavy atom. The van der Waals surface area contributed by atoms with E-state index >= 15 is 0 Å². The molecule has 4 nitrogen and oxygen atoms in total. The smallest absolute Gasteiger partial charge is 0.239 e. The maximum atomic E-state index is 11.7. The molecule has 80 valence electrons. The van der Waals surface area contributed by atoms with E-state index in [-0.39, 0.29) is 4.90 Å². The first-order valence-corrected chi connectivity index (χ1v) is 6.33. The van der Waals surface area contributed by atoms with Crippen LogP contribution in [-0.2, 0) is 21.1 Å². The van der Waals surface area contributed by atoms with E-state index in [0.717, 1.165) is 12.0 Å². The van der Waals surface area contributed by atoms with Gasteiger partial charge in [0.2, 0.25) is 5.91 Å². The maximum absolute atomic E-state index is 11.7. The number of aryl methyl sites for hydroxylation is 1. The molecule has 0 spiro atoms. The van der Waals surface area contributed by atoms with E-state index in [2.05, 4.69) is 5.32 Å². The summed E-state index contributed by atoms with van der Waals surface area (Å²) in [5.74, 6) is -0.917. The molecule has 2 rings (SSSR count). The van der Waals surface area contributed by atoms with Crippen LogP contribution in [0, 0.1) is 0 Å². The number of fused-ring (bicyclic) bond motifs is 1. The molecule has 0 aromatic heterocycles. The SMILES string of the molecule is CCc1ccc2c(c1)S(=O)(=O)CC(=O)N2. The van der Waals surface area contributed by atoms with Gasteiger partial charge in [-0.3, -0.25) is 4.79 Å². The number of rotatable bonds is 1. The Morgan fingerprint density at radius 1 is 1.40 bits per heavy atom. The van der Waals surface area contributed by atoms with Gasteiger partial charge in [0.15, 0.2) is 9.84 Å². The second-order valence-corrected chi connectivity index (χ2v) is 5.45. The zero-order chi connectivity index (χ0) is 11.1. The van der Waals surface area contributed by atoms with Crippen molar-refractivity contribution in [1.82, 2.24) is 0 Å². The topological polar surface area (TPSA) is 63.2 Å². The van der Waals surface area contributed by atoms with E-state index < -0.39 is 21.5 Å². The number of sulfone groups is 1. The lowest BCUT2D eigenvalue weighted by molar-refractivity contribution is -0.114. The van der Waals surface area contributed by atoms with Gasteiger partial charge in [-0.05, 0) is 24.1 Å². The van der Waals surface area contributed by atoms with Gasteiger partial charge in [0.05, 0.1) is 10.6 Å². The van der Waals surface area contributed by atoms with Crippen LogP contribution >= 0.6 is 0 Å². The second kappa shape index (κ2) is 3.34. The third-order valence-corrected chi connectivity index (χ3v) is 4.03. The Bertz CT molecular complexity index is 519. The molecule has 0 aliphatic carbocycles. The summed E-state index contributed by atoms with van der Waals surface area (Å²) in [7, 11) is -3.44. The number of nitrogens with one attached hydrogen (secondary N) is 1. The van der Waals surface area contributed by atoms with Gasteiger partial charge >= 0.3 is 0 Å². The third-order valence-electron chi connectivity index (χ3n) is 2.38. The van der Waals surface area contributed by atoms with E-state index in [1.165, 1.54) is 0 Å². The normalized spacial score (nSPS) is 18.1. The van der Waals surface area contributed by atoms with Gasteiger partial charge in [-0.15, -0.1) is 0 Å². The summed E-state index contributed by atoms with van der Waals surface area (Å²) in [6.45, 7) is 1.95. The predicted octanol–water partition coefficient (Wildman–Crippen LogP) is 0.975. The fourth-order valence-corrected chi connectivity index (χ4v) is 2.94. The van der Waals surface area contributed by atoms with Crippen molar-refractivity contribution in [2.75, 3.05) is 11.1 Å². The van der Waals surface area contributed by atoms with E-state index in [9.17, 15) is 13.2 Å². The second-order valence-electron chi connectivity index (χ2n) is 3.49. The van der Waals surface area contributed by atoms with Crippen LogP contribution in [0.25, 0.3) is 0 Å². The summed E-state index contributed by atoms with van der Waals surface area (Å²) in [6, 6.07) is 5.09. The van der Waals surface area contributed by atoms with Crippen LogP contribution in [-0.4, -0.2) is 20.1 Å². The van der Waals surface area contributed by atoms with Gasteiger partial charge in [-0.1, -0.05) is 13.0 Å². The quantitative estimate of drug-likeness (QED) is 0.774. The number of amides is 1. The molecular weight excluding hydrogens is 214 g/mol. The summed E-state index contributed by atoms with van der Waals surface area (Å²) < 4.78 is 23.4. The Kier molecular flexibility index (Phi) is 2.26. The third kappa shape index (κ3) is 1.74. The van der Waals surface area contributed by atoms with E-state index in [1.807, 2.05) is 13.0 Å². The highest BCUT2D eigenvalue weighted by molar-refractivity contribution is 7.92. The van der Waals surface area contributed by atoms with Gasteiger partial charge in [0, 0.05) is 0 Å². The van der Waals surface area contributed by atoms with Crippen LogP contribution in [0.5, 0.6) is 0 Å². The first-order chi connectivity index (χ1) is 7.03. The molecule has 0 fully saturated rings. The molecule has 1 aliphatic rings. The average Bonchev–Trinajstić information content (AvgIpc) is 2.16. The number of hydrogen-bond acceptors (Lipinski definition) is 3. The van der Waals surface area contributed by atoms with Crippen LogP contribution in [0.1, 0.15) is 12.5 Å². The largest absolute Gasteiger partial charge is 0.324 e. The minimum absolute atomic E-state index is 0.237. The minimum atomic E-state index is -3.44. The van der Waals surface area contributed by atoms with Crippen LogP contribution in [0.15, 0.2) is 23.1 Å². The summed E-state index contributed by atoms with van der Waals surface area (Å²) in [5.41, 5.74) is 1.34. The Balaban J connectivity index is 2.64. The number of carbonyl (C=O) groups excluding carboxylic acids is 1. The molecular formula is C10H11NO3S. The van der Waals surface area contributed by atoms with Crippen molar-refractivity contribution >= 4 is 21.4 Å². The number of benzene rings is 1. The number of hydrogen-bond donors (Lipinski definition) is 1. The molecule has 1 aromatic rings. The molecule has 1 aliphatic heterocycles. The molecule has 0 atom stereocenters. The van der Waals surface area contributed by atoms with E-state index in [0.29, 0.717) is 5.69 Å². The van der Waals surface area contributed by atoms with Crippen molar-refractivity contribution in [3.8, 4) is 0 Å². The van der Waals surface area contributed by atoms with E-state index in [1.54, 1.807) is 12.1 Å². The predicted molar refractivity (Wildman–Crippen MR) is 56.5 cm³/mol. The number of carbonyl (C=O) groups is 1.